The minimum Gasteiger partial charge on any atom is -0.385 e. The Morgan fingerprint density at radius 3 is 2.38 bits per heavy atom. The van der Waals surface area contributed by atoms with Gasteiger partial charge in [-0.25, -0.2) is 8.42 Å². The van der Waals surface area contributed by atoms with Crippen molar-refractivity contribution in [1.29, 1.82) is 0 Å². The molecule has 21 heavy (non-hydrogen) atoms. The molecule has 0 aliphatic carbocycles. The summed E-state index contributed by atoms with van der Waals surface area (Å²) in [5.74, 6) is -0.274. The minimum atomic E-state index is -3.43. The summed E-state index contributed by atoms with van der Waals surface area (Å²) in [6, 6.07) is 9.11. The van der Waals surface area contributed by atoms with Crippen molar-refractivity contribution in [3.63, 3.8) is 0 Å². The fourth-order valence-electron chi connectivity index (χ4n) is 1.80. The standard InChI is InChI=1S/C14H22N2O4S/c1-15(13-8-5-4-6-9-13)14(17)12-16(21(3,18)19)10-7-11-20-2/h4-6,8-9H,7,10-12H2,1-3H3. The largest absolute Gasteiger partial charge is 0.385 e. The number of hydrogen-bond acceptors (Lipinski definition) is 4. The van der Waals surface area contributed by atoms with Crippen LogP contribution in [0.4, 0.5) is 5.69 Å². The summed E-state index contributed by atoms with van der Waals surface area (Å²) < 4.78 is 29.6. The summed E-state index contributed by atoms with van der Waals surface area (Å²) in [5.41, 5.74) is 0.729. The molecule has 0 radical (unpaired) electrons. The number of benzene rings is 1. The van der Waals surface area contributed by atoms with Crippen molar-refractivity contribution in [2.75, 3.05) is 45.0 Å². The highest BCUT2D eigenvalue weighted by Crippen LogP contribution is 2.12. The minimum absolute atomic E-state index is 0.173. The van der Waals surface area contributed by atoms with Crippen molar-refractivity contribution in [3.8, 4) is 0 Å². The molecular formula is C14H22N2O4S. The van der Waals surface area contributed by atoms with E-state index in [4.69, 9.17) is 4.74 Å². The number of carbonyl (C=O) groups is 1. The van der Waals surface area contributed by atoms with Crippen LogP contribution in [0.25, 0.3) is 0 Å². The molecule has 0 aliphatic rings. The van der Waals surface area contributed by atoms with Crippen LogP contribution in [-0.4, -0.2) is 58.7 Å². The van der Waals surface area contributed by atoms with E-state index in [1.807, 2.05) is 18.2 Å². The number of likely N-dealkylation sites (N-methyl/N-ethyl adjacent to an activating group) is 1. The van der Waals surface area contributed by atoms with E-state index >= 15 is 0 Å². The van der Waals surface area contributed by atoms with Gasteiger partial charge in [-0.2, -0.15) is 4.31 Å². The van der Waals surface area contributed by atoms with Crippen LogP contribution < -0.4 is 4.90 Å². The third-order valence-corrected chi connectivity index (χ3v) is 4.30. The van der Waals surface area contributed by atoms with Crippen molar-refractivity contribution >= 4 is 21.6 Å². The lowest BCUT2D eigenvalue weighted by Gasteiger charge is -2.23. The highest BCUT2D eigenvalue weighted by atomic mass is 32.2. The molecule has 0 bridgehead atoms. The summed E-state index contributed by atoms with van der Waals surface area (Å²) in [7, 11) is -0.239. The van der Waals surface area contributed by atoms with Gasteiger partial charge in [0.2, 0.25) is 15.9 Å². The van der Waals surface area contributed by atoms with Gasteiger partial charge in [-0.05, 0) is 18.6 Å². The quantitative estimate of drug-likeness (QED) is 0.670. The van der Waals surface area contributed by atoms with Crippen LogP contribution in [0.5, 0.6) is 0 Å². The van der Waals surface area contributed by atoms with Crippen LogP contribution in [0.3, 0.4) is 0 Å². The molecule has 0 unspecified atom stereocenters. The predicted molar refractivity (Wildman–Crippen MR) is 82.8 cm³/mol. The Labute approximate surface area is 126 Å². The Bertz CT molecular complexity index is 545. The van der Waals surface area contributed by atoms with Gasteiger partial charge in [0.15, 0.2) is 0 Å². The zero-order valence-corrected chi connectivity index (χ0v) is 13.5. The first kappa shape index (κ1) is 17.6. The van der Waals surface area contributed by atoms with E-state index in [0.717, 1.165) is 11.9 Å². The molecule has 0 saturated heterocycles. The Morgan fingerprint density at radius 2 is 1.86 bits per heavy atom. The molecule has 0 fully saturated rings. The zero-order valence-electron chi connectivity index (χ0n) is 12.7. The molecule has 0 spiro atoms. The second-order valence-corrected chi connectivity index (χ2v) is 6.71. The molecule has 118 valence electrons. The lowest BCUT2D eigenvalue weighted by Crippen LogP contribution is -2.41. The number of nitrogens with zero attached hydrogens (tertiary/aromatic N) is 2. The third-order valence-electron chi connectivity index (χ3n) is 3.05. The molecule has 0 saturated carbocycles. The van der Waals surface area contributed by atoms with Gasteiger partial charge in [-0.3, -0.25) is 4.79 Å². The molecule has 1 rings (SSSR count). The molecular weight excluding hydrogens is 292 g/mol. The van der Waals surface area contributed by atoms with E-state index in [1.54, 1.807) is 26.3 Å². The van der Waals surface area contributed by atoms with Gasteiger partial charge < -0.3 is 9.64 Å². The molecule has 1 aromatic rings. The molecule has 0 aliphatic heterocycles. The van der Waals surface area contributed by atoms with Crippen LogP contribution in [0.15, 0.2) is 30.3 Å². The van der Waals surface area contributed by atoms with Crippen LogP contribution in [0.1, 0.15) is 6.42 Å². The molecule has 1 aromatic carbocycles. The topological polar surface area (TPSA) is 66.9 Å². The smallest absolute Gasteiger partial charge is 0.242 e. The van der Waals surface area contributed by atoms with E-state index < -0.39 is 10.0 Å². The fourth-order valence-corrected chi connectivity index (χ4v) is 2.61. The maximum atomic E-state index is 12.2. The maximum absolute atomic E-state index is 12.2. The second-order valence-electron chi connectivity index (χ2n) is 4.73. The number of sulfonamides is 1. The van der Waals surface area contributed by atoms with E-state index in [9.17, 15) is 13.2 Å². The molecule has 7 heteroatoms. The lowest BCUT2D eigenvalue weighted by molar-refractivity contribution is -0.118. The summed E-state index contributed by atoms with van der Waals surface area (Å²) in [5, 5.41) is 0. The number of ether oxygens (including phenoxy) is 1. The molecule has 0 N–H and O–H groups in total. The van der Waals surface area contributed by atoms with Crippen molar-refractivity contribution in [3.05, 3.63) is 30.3 Å². The van der Waals surface area contributed by atoms with Gasteiger partial charge >= 0.3 is 0 Å². The lowest BCUT2D eigenvalue weighted by atomic mass is 10.3. The van der Waals surface area contributed by atoms with Gasteiger partial charge in [-0.15, -0.1) is 0 Å². The van der Waals surface area contributed by atoms with Gasteiger partial charge in [-0.1, -0.05) is 18.2 Å². The van der Waals surface area contributed by atoms with Crippen LogP contribution in [-0.2, 0) is 19.6 Å². The van der Waals surface area contributed by atoms with Crippen molar-refractivity contribution in [2.24, 2.45) is 0 Å². The summed E-state index contributed by atoms with van der Waals surface area (Å²) in [6.45, 7) is 0.545. The normalized spacial score (nSPS) is 11.6. The first-order valence-electron chi connectivity index (χ1n) is 6.62. The molecule has 0 aromatic heterocycles. The molecule has 6 nitrogen and oxygen atoms in total. The first-order valence-corrected chi connectivity index (χ1v) is 8.46. The number of rotatable bonds is 8. The molecule has 1 amide bonds. The first-order chi connectivity index (χ1) is 9.86. The van der Waals surface area contributed by atoms with Crippen LogP contribution in [0.2, 0.25) is 0 Å². The summed E-state index contributed by atoms with van der Waals surface area (Å²) >= 11 is 0. The Kier molecular flexibility index (Phi) is 6.80. The van der Waals surface area contributed by atoms with Gasteiger partial charge in [0.1, 0.15) is 0 Å². The van der Waals surface area contributed by atoms with Crippen molar-refractivity contribution in [1.82, 2.24) is 4.31 Å². The van der Waals surface area contributed by atoms with Gasteiger partial charge in [0.25, 0.3) is 0 Å². The summed E-state index contributed by atoms with van der Waals surface area (Å²) in [4.78, 5) is 13.7. The fraction of sp³-hybridized carbons (Fsp3) is 0.500. The van der Waals surface area contributed by atoms with Crippen LogP contribution >= 0.6 is 0 Å². The van der Waals surface area contributed by atoms with Gasteiger partial charge in [0.05, 0.1) is 12.8 Å². The zero-order chi connectivity index (χ0) is 15.9. The number of anilines is 1. The monoisotopic (exact) mass is 314 g/mol. The van der Waals surface area contributed by atoms with E-state index in [-0.39, 0.29) is 19.0 Å². The van der Waals surface area contributed by atoms with Crippen molar-refractivity contribution < 1.29 is 17.9 Å². The average molecular weight is 314 g/mol. The van der Waals surface area contributed by atoms with Gasteiger partial charge in [0, 0.05) is 33.0 Å². The third kappa shape index (κ3) is 5.82. The maximum Gasteiger partial charge on any atom is 0.242 e. The Morgan fingerprint density at radius 1 is 1.24 bits per heavy atom. The van der Waals surface area contributed by atoms with Crippen LogP contribution in [0, 0.1) is 0 Å². The number of methoxy groups -OCH3 is 1. The second kappa shape index (κ2) is 8.11. The number of carbonyl (C=O) groups excluding carboxylic acids is 1. The highest BCUT2D eigenvalue weighted by Gasteiger charge is 2.22. The van der Waals surface area contributed by atoms with E-state index in [2.05, 4.69) is 0 Å². The Hall–Kier alpha value is -1.44. The Balaban J connectivity index is 2.72. The SMILES string of the molecule is COCCCN(CC(=O)N(C)c1ccccc1)S(C)(=O)=O. The van der Waals surface area contributed by atoms with Crippen molar-refractivity contribution in [2.45, 2.75) is 6.42 Å². The van der Waals surface area contributed by atoms with E-state index in [1.165, 1.54) is 9.21 Å². The molecule has 0 heterocycles. The highest BCUT2D eigenvalue weighted by molar-refractivity contribution is 7.88. The average Bonchev–Trinajstić information content (AvgIpc) is 2.45. The molecule has 0 atom stereocenters. The number of amides is 1. The number of hydrogen-bond donors (Lipinski definition) is 0. The number of para-hydroxylation sites is 1. The summed E-state index contributed by atoms with van der Waals surface area (Å²) in [6.07, 6.45) is 1.65. The van der Waals surface area contributed by atoms with E-state index in [0.29, 0.717) is 13.0 Å². The predicted octanol–water partition coefficient (Wildman–Crippen LogP) is 0.947.